The van der Waals surface area contributed by atoms with E-state index in [0.29, 0.717) is 12.8 Å². The van der Waals surface area contributed by atoms with Crippen LogP contribution in [0.25, 0.3) is 0 Å². The molecule has 6 nitrogen and oxygen atoms in total. The maximum atomic E-state index is 12.8. The monoisotopic (exact) mass is 478 g/mol. The molecule has 0 radical (unpaired) electrons. The first-order valence-corrected chi connectivity index (χ1v) is 13.7. The molecular formula is C28H46O6. The maximum absolute atomic E-state index is 12.8. The van der Waals surface area contributed by atoms with Crippen LogP contribution in [-0.4, -0.2) is 60.9 Å². The number of methoxy groups -OCH3 is 1. The van der Waals surface area contributed by atoms with Crippen molar-refractivity contribution < 1.29 is 28.8 Å². The lowest BCUT2D eigenvalue weighted by Gasteiger charge is -2.37. The Morgan fingerprint density at radius 2 is 1.56 bits per heavy atom. The Hall–Kier alpha value is -1.13. The topological polar surface area (TPSA) is 74.2 Å². The Balaban J connectivity index is 1.57. The number of ether oxygens (including phenoxy) is 4. The summed E-state index contributed by atoms with van der Waals surface area (Å²) in [6.07, 6.45) is 20.1. The van der Waals surface area contributed by atoms with Crippen molar-refractivity contribution in [2.24, 2.45) is 0 Å². The Morgan fingerprint density at radius 1 is 0.912 bits per heavy atom. The summed E-state index contributed by atoms with van der Waals surface area (Å²) in [6, 6.07) is 0. The van der Waals surface area contributed by atoms with Gasteiger partial charge in [-0.15, -0.1) is 12.3 Å². The molecule has 0 aliphatic carbocycles. The quantitative estimate of drug-likeness (QED) is 0.283. The van der Waals surface area contributed by atoms with Gasteiger partial charge in [0, 0.05) is 26.4 Å². The highest BCUT2D eigenvalue weighted by Gasteiger charge is 2.35. The summed E-state index contributed by atoms with van der Waals surface area (Å²) in [4.78, 5) is 12.8. The predicted octanol–water partition coefficient (Wildman–Crippen LogP) is 5.09. The number of carbonyl (C=O) groups excluding carboxylic acids is 1. The van der Waals surface area contributed by atoms with Crippen molar-refractivity contribution in [2.45, 2.75) is 152 Å². The van der Waals surface area contributed by atoms with E-state index in [1.807, 2.05) is 0 Å². The normalized spacial score (nSPS) is 35.1. The summed E-state index contributed by atoms with van der Waals surface area (Å²) in [5, 5.41) is 10.4. The number of fused-ring (bicyclic) bond motifs is 4. The van der Waals surface area contributed by atoms with E-state index in [0.717, 1.165) is 70.6 Å². The minimum Gasteiger partial charge on any atom is -0.462 e. The zero-order chi connectivity index (χ0) is 24.2. The average molecular weight is 479 g/mol. The fourth-order valence-corrected chi connectivity index (χ4v) is 5.82. The summed E-state index contributed by atoms with van der Waals surface area (Å²) in [7, 11) is 1.74. The zero-order valence-electron chi connectivity index (χ0n) is 21.1. The van der Waals surface area contributed by atoms with Crippen LogP contribution in [0.5, 0.6) is 0 Å². The summed E-state index contributed by atoms with van der Waals surface area (Å²) in [6.45, 7) is 0. The summed E-state index contributed by atoms with van der Waals surface area (Å²) in [5.41, 5.74) is 0. The van der Waals surface area contributed by atoms with E-state index in [-0.39, 0.29) is 49.0 Å². The van der Waals surface area contributed by atoms with Crippen LogP contribution in [0.1, 0.15) is 109 Å². The second kappa shape index (κ2) is 15.1. The van der Waals surface area contributed by atoms with Crippen molar-refractivity contribution in [1.29, 1.82) is 0 Å². The number of carbonyl (C=O) groups is 1. The van der Waals surface area contributed by atoms with Crippen LogP contribution < -0.4 is 0 Å². The van der Waals surface area contributed by atoms with Crippen LogP contribution in [0.3, 0.4) is 0 Å². The smallest absolute Gasteiger partial charge is 0.308 e. The van der Waals surface area contributed by atoms with Gasteiger partial charge in [-0.1, -0.05) is 25.7 Å². The molecule has 0 saturated carbocycles. The van der Waals surface area contributed by atoms with Crippen LogP contribution in [0.4, 0.5) is 0 Å². The highest BCUT2D eigenvalue weighted by molar-refractivity contribution is 5.70. The lowest BCUT2D eigenvalue weighted by atomic mass is 9.91. The van der Waals surface area contributed by atoms with E-state index in [1.54, 1.807) is 7.11 Å². The van der Waals surface area contributed by atoms with Crippen LogP contribution in [0.15, 0.2) is 0 Å². The van der Waals surface area contributed by atoms with E-state index >= 15 is 0 Å². The van der Waals surface area contributed by atoms with Gasteiger partial charge in [0.25, 0.3) is 0 Å². The number of esters is 1. The van der Waals surface area contributed by atoms with E-state index in [9.17, 15) is 9.90 Å². The number of unbranched alkanes of at least 4 members (excludes halogenated alkanes) is 6. The molecule has 0 aromatic carbocycles. The first-order chi connectivity index (χ1) is 16.6. The van der Waals surface area contributed by atoms with Crippen molar-refractivity contribution in [3.63, 3.8) is 0 Å². The molecule has 2 unspecified atom stereocenters. The van der Waals surface area contributed by atoms with Gasteiger partial charge in [-0.2, -0.15) is 0 Å². The minimum atomic E-state index is -0.450. The number of terminal acetylenes is 1. The molecule has 34 heavy (non-hydrogen) atoms. The van der Waals surface area contributed by atoms with Crippen molar-refractivity contribution >= 4 is 5.97 Å². The van der Waals surface area contributed by atoms with Gasteiger partial charge in [0.1, 0.15) is 6.10 Å². The molecule has 0 spiro atoms. The summed E-state index contributed by atoms with van der Waals surface area (Å²) >= 11 is 0. The third-order valence-corrected chi connectivity index (χ3v) is 7.59. The van der Waals surface area contributed by atoms with Crippen LogP contribution in [-0.2, 0) is 23.7 Å². The van der Waals surface area contributed by atoms with Crippen molar-refractivity contribution in [3.05, 3.63) is 0 Å². The molecule has 3 aliphatic heterocycles. The third-order valence-electron chi connectivity index (χ3n) is 7.59. The lowest BCUT2D eigenvalue weighted by Crippen LogP contribution is -2.41. The van der Waals surface area contributed by atoms with Gasteiger partial charge >= 0.3 is 5.97 Å². The first kappa shape index (κ1) is 27.5. The molecule has 3 heterocycles. The molecule has 3 rings (SSSR count). The Labute approximate surface area is 206 Å². The van der Waals surface area contributed by atoms with Crippen LogP contribution in [0, 0.1) is 12.3 Å². The second-order valence-electron chi connectivity index (χ2n) is 10.6. The maximum Gasteiger partial charge on any atom is 0.308 e. The molecule has 0 aromatic rings. The van der Waals surface area contributed by atoms with E-state index in [2.05, 4.69) is 5.92 Å². The number of cyclic esters (lactones) is 1. The van der Waals surface area contributed by atoms with Crippen LogP contribution >= 0.6 is 0 Å². The first-order valence-electron chi connectivity index (χ1n) is 13.7. The fourth-order valence-electron chi connectivity index (χ4n) is 5.82. The zero-order valence-corrected chi connectivity index (χ0v) is 21.1. The molecule has 6 heteroatoms. The van der Waals surface area contributed by atoms with Gasteiger partial charge in [-0.05, 0) is 57.8 Å². The fraction of sp³-hybridized carbons (Fsp3) is 0.893. The van der Waals surface area contributed by atoms with Crippen molar-refractivity contribution in [3.8, 4) is 12.3 Å². The number of rotatable bonds is 9. The minimum absolute atomic E-state index is 0.0334. The molecule has 0 aromatic heterocycles. The molecule has 3 fully saturated rings. The van der Waals surface area contributed by atoms with Gasteiger partial charge in [0.05, 0.1) is 43.0 Å². The van der Waals surface area contributed by atoms with E-state index in [4.69, 9.17) is 25.4 Å². The number of aliphatic hydroxyl groups excluding tert-OH is 1. The van der Waals surface area contributed by atoms with Gasteiger partial charge in [0.2, 0.25) is 0 Å². The molecule has 7 atom stereocenters. The highest BCUT2D eigenvalue weighted by Crippen LogP contribution is 2.31. The Morgan fingerprint density at radius 3 is 2.32 bits per heavy atom. The van der Waals surface area contributed by atoms with Gasteiger partial charge in [-0.3, -0.25) is 4.79 Å². The Bertz CT molecular complexity index is 631. The molecule has 4 bridgehead atoms. The van der Waals surface area contributed by atoms with E-state index in [1.165, 1.54) is 19.3 Å². The molecule has 194 valence electrons. The summed E-state index contributed by atoms with van der Waals surface area (Å²) < 4.78 is 24.4. The average Bonchev–Trinajstić information content (AvgIpc) is 2.79. The van der Waals surface area contributed by atoms with Crippen molar-refractivity contribution in [2.75, 3.05) is 7.11 Å². The van der Waals surface area contributed by atoms with Gasteiger partial charge in [0.15, 0.2) is 0 Å². The molecule has 0 amide bonds. The SMILES string of the molecule is C#CCCCCCCCC[C@H]1C[C@@H]2CCCC(C[C@@H](OC)CC3C[C@H](O)C[C@@H](CC(=O)O1)O3)O2. The number of hydrogen-bond acceptors (Lipinski definition) is 6. The highest BCUT2D eigenvalue weighted by atomic mass is 16.6. The number of aliphatic hydroxyl groups is 1. The predicted molar refractivity (Wildman–Crippen MR) is 131 cm³/mol. The number of hydrogen-bond donors (Lipinski definition) is 1. The lowest BCUT2D eigenvalue weighted by molar-refractivity contribution is -0.166. The Kier molecular flexibility index (Phi) is 12.2. The molecule has 3 saturated heterocycles. The standard InChI is InChI=1S/C28H46O6/c1-3-4-5-6-7-8-9-10-12-24-17-22-13-11-14-23(32-22)18-25(31-2)19-26-15-21(29)16-27(33-26)20-28(30)34-24/h1,21-27,29H,4-20H2,2H3/t21-,22-,23?,24-,25+,26?,27-/m0/s1. The van der Waals surface area contributed by atoms with E-state index < -0.39 is 6.10 Å². The van der Waals surface area contributed by atoms with Crippen molar-refractivity contribution in [1.82, 2.24) is 0 Å². The third kappa shape index (κ3) is 9.85. The van der Waals surface area contributed by atoms with Crippen LogP contribution in [0.2, 0.25) is 0 Å². The molecule has 1 N–H and O–H groups in total. The largest absolute Gasteiger partial charge is 0.462 e. The molecule has 3 aliphatic rings. The molecular weight excluding hydrogens is 432 g/mol. The second-order valence-corrected chi connectivity index (χ2v) is 10.6. The van der Waals surface area contributed by atoms with Gasteiger partial charge < -0.3 is 24.1 Å². The van der Waals surface area contributed by atoms with Gasteiger partial charge in [-0.25, -0.2) is 0 Å². The summed E-state index contributed by atoms with van der Waals surface area (Å²) in [5.74, 6) is 2.48.